The number of hydrogen-bond acceptors (Lipinski definition) is 1. The Morgan fingerprint density at radius 2 is 1.62 bits per heavy atom. The molecular weight excluding hydrogens is 318 g/mol. The molecule has 0 unspecified atom stereocenters. The number of aryl methyl sites for hydroxylation is 1. The summed E-state index contributed by atoms with van der Waals surface area (Å²) in [6.07, 6.45) is 6.40. The van der Waals surface area contributed by atoms with E-state index in [1.807, 2.05) is 0 Å². The van der Waals surface area contributed by atoms with Crippen LogP contribution < -0.4 is 5.32 Å². The van der Waals surface area contributed by atoms with Crippen LogP contribution in [0.5, 0.6) is 0 Å². The van der Waals surface area contributed by atoms with Crippen LogP contribution in [0.15, 0.2) is 30.3 Å². The predicted molar refractivity (Wildman–Crippen MR) is 102 cm³/mol. The highest BCUT2D eigenvalue weighted by Gasteiger charge is 2.47. The topological polar surface area (TPSA) is 29.1 Å². The monoisotopic (exact) mass is 349 g/mol. The molecule has 0 radical (unpaired) electrons. The van der Waals surface area contributed by atoms with Crippen molar-refractivity contribution in [3.63, 3.8) is 0 Å². The van der Waals surface area contributed by atoms with Crippen LogP contribution in [0.4, 0.5) is 0 Å². The molecule has 24 heavy (non-hydrogen) atoms. The van der Waals surface area contributed by atoms with Crippen molar-refractivity contribution in [3.05, 3.63) is 35.9 Å². The lowest BCUT2D eigenvalue weighted by Crippen LogP contribution is -2.57. The van der Waals surface area contributed by atoms with E-state index in [1.165, 1.54) is 12.0 Å². The van der Waals surface area contributed by atoms with Gasteiger partial charge in [-0.05, 0) is 54.9 Å². The average molecular weight is 350 g/mol. The first-order valence-electron chi connectivity index (χ1n) is 9.06. The summed E-state index contributed by atoms with van der Waals surface area (Å²) in [5.41, 5.74) is 1.69. The van der Waals surface area contributed by atoms with Crippen molar-refractivity contribution in [2.45, 2.75) is 71.8 Å². The lowest BCUT2D eigenvalue weighted by Gasteiger charge is -2.52. The third-order valence-corrected chi connectivity index (χ3v) is 5.32. The Morgan fingerprint density at radius 1 is 1.04 bits per heavy atom. The van der Waals surface area contributed by atoms with Gasteiger partial charge in [0.05, 0.1) is 0 Å². The molecule has 1 N–H and O–H groups in total. The van der Waals surface area contributed by atoms with Crippen molar-refractivity contribution < 1.29 is 4.79 Å². The summed E-state index contributed by atoms with van der Waals surface area (Å²) in [5, 5.41) is 3.31. The normalized spacial score (nSPS) is 21.2. The molecule has 2 rings (SSSR count). The molecule has 2 nitrogen and oxygen atoms in total. The molecule has 0 aliphatic heterocycles. The van der Waals surface area contributed by atoms with Gasteiger partial charge in [0.1, 0.15) is 5.88 Å². The highest BCUT2D eigenvalue weighted by Crippen LogP contribution is 2.51. The fraction of sp³-hybridized carbons (Fsp3) is 0.667. The summed E-state index contributed by atoms with van der Waals surface area (Å²) < 4.78 is 0. The number of halogens is 1. The van der Waals surface area contributed by atoms with Gasteiger partial charge >= 0.3 is 0 Å². The molecule has 1 aromatic rings. The Kier molecular flexibility index (Phi) is 6.01. The van der Waals surface area contributed by atoms with Gasteiger partial charge in [-0.15, -0.1) is 11.6 Å². The summed E-state index contributed by atoms with van der Waals surface area (Å²) in [6.45, 7) is 9.30. The Morgan fingerprint density at radius 3 is 2.17 bits per heavy atom. The van der Waals surface area contributed by atoms with Crippen molar-refractivity contribution in [1.82, 2.24) is 5.32 Å². The van der Waals surface area contributed by atoms with E-state index in [-0.39, 0.29) is 28.2 Å². The third kappa shape index (κ3) is 5.51. The van der Waals surface area contributed by atoms with Crippen LogP contribution in [0.2, 0.25) is 0 Å². The second kappa shape index (κ2) is 7.47. The highest BCUT2D eigenvalue weighted by atomic mass is 35.5. The number of nitrogens with one attached hydrogen (secondary N) is 1. The van der Waals surface area contributed by atoms with Crippen LogP contribution in [0, 0.1) is 10.8 Å². The minimum Gasteiger partial charge on any atom is -0.350 e. The third-order valence-electron chi connectivity index (χ3n) is 5.08. The molecule has 1 amide bonds. The van der Waals surface area contributed by atoms with Gasteiger partial charge in [0.15, 0.2) is 0 Å². The molecule has 3 heteroatoms. The largest absolute Gasteiger partial charge is 0.350 e. The maximum absolute atomic E-state index is 12.1. The van der Waals surface area contributed by atoms with Crippen molar-refractivity contribution in [2.75, 3.05) is 5.88 Å². The van der Waals surface area contributed by atoms with Crippen molar-refractivity contribution in [3.8, 4) is 0 Å². The number of alkyl halides is 1. The first-order valence-corrected chi connectivity index (χ1v) is 9.60. The van der Waals surface area contributed by atoms with E-state index in [4.69, 9.17) is 11.6 Å². The summed E-state index contributed by atoms with van der Waals surface area (Å²) in [4.78, 5) is 12.1. The van der Waals surface area contributed by atoms with E-state index in [1.54, 1.807) is 0 Å². The van der Waals surface area contributed by atoms with Crippen LogP contribution in [0.3, 0.4) is 0 Å². The van der Waals surface area contributed by atoms with Crippen LogP contribution in [-0.2, 0) is 11.2 Å². The van der Waals surface area contributed by atoms with Gasteiger partial charge in [-0.2, -0.15) is 0 Å². The Bertz CT molecular complexity index is 534. The zero-order chi connectivity index (χ0) is 17.8. The molecule has 0 bridgehead atoms. The van der Waals surface area contributed by atoms with E-state index in [2.05, 4.69) is 63.3 Å². The van der Waals surface area contributed by atoms with Gasteiger partial charge in [-0.3, -0.25) is 4.79 Å². The summed E-state index contributed by atoms with van der Waals surface area (Å²) in [6, 6.07) is 10.6. The minimum absolute atomic E-state index is 0.0372. The Labute approximate surface area is 152 Å². The predicted octanol–water partition coefficient (Wildman–Crippen LogP) is 5.34. The number of amides is 1. The summed E-state index contributed by atoms with van der Waals surface area (Å²) >= 11 is 5.79. The molecule has 1 saturated carbocycles. The van der Waals surface area contributed by atoms with Gasteiger partial charge in [-0.1, -0.05) is 58.0 Å². The van der Waals surface area contributed by atoms with Crippen LogP contribution in [0.25, 0.3) is 0 Å². The lowest BCUT2D eigenvalue weighted by atomic mass is 9.57. The van der Waals surface area contributed by atoms with Gasteiger partial charge in [0, 0.05) is 5.54 Å². The maximum atomic E-state index is 12.1. The van der Waals surface area contributed by atoms with Gasteiger partial charge < -0.3 is 5.32 Å². The fourth-order valence-corrected chi connectivity index (χ4v) is 5.31. The molecule has 0 atom stereocenters. The van der Waals surface area contributed by atoms with Crippen LogP contribution in [-0.4, -0.2) is 17.3 Å². The summed E-state index contributed by atoms with van der Waals surface area (Å²) in [7, 11) is 0. The van der Waals surface area contributed by atoms with Crippen LogP contribution in [0.1, 0.15) is 65.4 Å². The van der Waals surface area contributed by atoms with E-state index in [9.17, 15) is 4.79 Å². The molecule has 1 aliphatic rings. The fourth-order valence-electron chi connectivity index (χ4n) is 5.25. The molecule has 0 aromatic heterocycles. The number of hydrogen-bond donors (Lipinski definition) is 1. The van der Waals surface area contributed by atoms with E-state index < -0.39 is 0 Å². The molecular formula is C21H32ClNO. The number of carbonyl (C=O) groups excluding carboxylic acids is 1. The van der Waals surface area contributed by atoms with Gasteiger partial charge in [0.25, 0.3) is 0 Å². The Balaban J connectivity index is 2.12. The number of rotatable bonds is 6. The molecule has 0 spiro atoms. The average Bonchev–Trinajstić information content (AvgIpc) is 2.44. The van der Waals surface area contributed by atoms with Gasteiger partial charge in [-0.25, -0.2) is 0 Å². The second-order valence-electron chi connectivity index (χ2n) is 9.16. The van der Waals surface area contributed by atoms with Crippen LogP contribution >= 0.6 is 11.6 Å². The minimum atomic E-state index is -0.133. The van der Waals surface area contributed by atoms with E-state index >= 15 is 0 Å². The van der Waals surface area contributed by atoms with Crippen molar-refractivity contribution in [1.29, 1.82) is 0 Å². The first-order chi connectivity index (χ1) is 11.2. The van der Waals surface area contributed by atoms with Gasteiger partial charge in [0.2, 0.25) is 5.91 Å². The number of carbonyl (C=O) groups is 1. The molecule has 0 saturated heterocycles. The smallest absolute Gasteiger partial charge is 0.235 e. The van der Waals surface area contributed by atoms with Crippen molar-refractivity contribution >= 4 is 17.5 Å². The SMILES string of the molecule is CC1(C)CC(C)(C)CC(CCCc2ccccc2)(NC(=O)CCl)C1. The molecule has 134 valence electrons. The van der Waals surface area contributed by atoms with E-state index in [0.717, 1.165) is 32.1 Å². The first kappa shape index (κ1) is 19.3. The summed E-state index contributed by atoms with van der Waals surface area (Å²) in [5.74, 6) is 0.00580. The standard InChI is InChI=1S/C21H32ClNO/c1-19(2)14-20(3,4)16-21(15-19,23-18(24)13-22)12-8-11-17-9-6-5-7-10-17/h5-7,9-10H,8,11-16H2,1-4H3,(H,23,24). The highest BCUT2D eigenvalue weighted by molar-refractivity contribution is 6.27. The zero-order valence-electron chi connectivity index (χ0n) is 15.6. The zero-order valence-corrected chi connectivity index (χ0v) is 16.4. The maximum Gasteiger partial charge on any atom is 0.235 e. The second-order valence-corrected chi connectivity index (χ2v) is 9.43. The quantitative estimate of drug-likeness (QED) is 0.690. The molecule has 1 aliphatic carbocycles. The lowest BCUT2D eigenvalue weighted by molar-refractivity contribution is -0.122. The molecule has 1 aromatic carbocycles. The van der Waals surface area contributed by atoms with Crippen molar-refractivity contribution in [2.24, 2.45) is 10.8 Å². The molecule has 1 fully saturated rings. The Hall–Kier alpha value is -1.02. The number of benzene rings is 1. The molecule has 0 heterocycles. The van der Waals surface area contributed by atoms with E-state index in [0.29, 0.717) is 0 Å².